The maximum atomic E-state index is 14.2. The number of amides is 2. The van der Waals surface area contributed by atoms with Crippen molar-refractivity contribution < 1.29 is 19.1 Å². The van der Waals surface area contributed by atoms with E-state index in [0.29, 0.717) is 59.0 Å². The van der Waals surface area contributed by atoms with Gasteiger partial charge < -0.3 is 20.2 Å². The molecule has 12 heteroatoms. The Bertz CT molecular complexity index is 1720. The zero-order chi connectivity index (χ0) is 30.2. The third-order valence-corrected chi connectivity index (χ3v) is 8.47. The Morgan fingerprint density at radius 2 is 1.63 bits per heavy atom. The second-order valence-electron chi connectivity index (χ2n) is 10.5. The molecule has 220 valence electrons. The summed E-state index contributed by atoms with van der Waals surface area (Å²) in [5.41, 5.74) is 2.78. The Hall–Kier alpha value is -4.41. The number of fused-ring (bicyclic) bond motifs is 1. The van der Waals surface area contributed by atoms with Crippen LogP contribution in [0.15, 0.2) is 77.8 Å². The fraction of sp³-hybridized carbons (Fsp3) is 0.226. The van der Waals surface area contributed by atoms with Crippen molar-refractivity contribution in [1.82, 2.24) is 14.7 Å². The summed E-state index contributed by atoms with van der Waals surface area (Å²) in [6.07, 6.45) is 0. The summed E-state index contributed by atoms with van der Waals surface area (Å²) in [6, 6.07) is 18.5. The maximum absolute atomic E-state index is 14.2. The number of carbonyl (C=O) groups excluding carboxylic acids is 2. The van der Waals surface area contributed by atoms with E-state index in [1.807, 2.05) is 0 Å². The summed E-state index contributed by atoms with van der Waals surface area (Å²) in [5.74, 6) is -1.08. The summed E-state index contributed by atoms with van der Waals surface area (Å²) in [6.45, 7) is 3.92. The molecule has 3 heterocycles. The highest BCUT2D eigenvalue weighted by Crippen LogP contribution is 2.39. The molecule has 0 radical (unpaired) electrons. The normalized spacial score (nSPS) is 18.2. The number of carbonyl (C=O) groups is 2. The Balaban J connectivity index is 1.30. The van der Waals surface area contributed by atoms with Crippen LogP contribution in [0.5, 0.6) is 5.75 Å². The molecule has 0 aliphatic carbocycles. The Labute approximate surface area is 257 Å². The number of aliphatic imine (C=N–C) groups is 1. The standard InChI is InChI=1S/C31H27Cl2FN6O3/c1-18-28(31(43)39-14-12-38(13-15-39)22-7-3-20(34)4-8-22)29(19-2-11-24(32)25(33)16-19)40-27(35-18)17-26(37-40)30(42)36-21-5-9-23(41)10-6-21/h2-11,16-17,28-29,41H,12-15H2,1H3,(H,36,42). The first kappa shape index (κ1) is 28.7. The van der Waals surface area contributed by atoms with E-state index in [2.05, 4.69) is 15.3 Å². The number of phenols is 1. The molecule has 2 aliphatic rings. The van der Waals surface area contributed by atoms with Crippen LogP contribution in [-0.2, 0) is 4.79 Å². The molecule has 6 rings (SSSR count). The molecule has 43 heavy (non-hydrogen) atoms. The molecule has 0 saturated carbocycles. The predicted octanol–water partition coefficient (Wildman–Crippen LogP) is 5.95. The lowest BCUT2D eigenvalue weighted by atomic mass is 9.87. The first-order valence-electron chi connectivity index (χ1n) is 13.7. The van der Waals surface area contributed by atoms with Crippen molar-refractivity contribution in [3.63, 3.8) is 0 Å². The molecule has 1 aromatic heterocycles. The Morgan fingerprint density at radius 3 is 2.30 bits per heavy atom. The van der Waals surface area contributed by atoms with E-state index in [1.165, 1.54) is 24.3 Å². The fourth-order valence-corrected chi connectivity index (χ4v) is 5.83. The van der Waals surface area contributed by atoms with Crippen LogP contribution in [0.3, 0.4) is 0 Å². The molecular formula is C31H27Cl2FN6O3. The van der Waals surface area contributed by atoms with Crippen molar-refractivity contribution in [1.29, 1.82) is 0 Å². The van der Waals surface area contributed by atoms with Gasteiger partial charge >= 0.3 is 0 Å². The molecule has 0 spiro atoms. The third kappa shape index (κ3) is 5.80. The topological polar surface area (TPSA) is 103 Å². The Morgan fingerprint density at radius 1 is 0.930 bits per heavy atom. The molecule has 2 N–H and O–H groups in total. The van der Waals surface area contributed by atoms with Crippen LogP contribution in [0.4, 0.5) is 21.6 Å². The summed E-state index contributed by atoms with van der Waals surface area (Å²) < 4.78 is 15.0. The largest absolute Gasteiger partial charge is 0.508 e. The number of hydrogen-bond acceptors (Lipinski definition) is 6. The number of phenolic OH excluding ortho intramolecular Hbond substituents is 1. The second kappa shape index (κ2) is 11.7. The molecular weight excluding hydrogens is 594 g/mol. The van der Waals surface area contributed by atoms with Gasteiger partial charge in [-0.1, -0.05) is 29.3 Å². The number of aromatic nitrogens is 2. The van der Waals surface area contributed by atoms with Crippen LogP contribution in [0.1, 0.15) is 29.0 Å². The van der Waals surface area contributed by atoms with Crippen molar-refractivity contribution in [2.75, 3.05) is 36.4 Å². The van der Waals surface area contributed by atoms with Gasteiger partial charge in [-0.3, -0.25) is 9.59 Å². The van der Waals surface area contributed by atoms with Gasteiger partial charge in [0.05, 0.1) is 16.1 Å². The number of anilines is 2. The minimum absolute atomic E-state index is 0.0808. The minimum Gasteiger partial charge on any atom is -0.508 e. The third-order valence-electron chi connectivity index (χ3n) is 7.73. The predicted molar refractivity (Wildman–Crippen MR) is 164 cm³/mol. The van der Waals surface area contributed by atoms with Crippen molar-refractivity contribution >= 4 is 57.9 Å². The van der Waals surface area contributed by atoms with Gasteiger partial charge in [0.2, 0.25) is 5.91 Å². The molecule has 1 saturated heterocycles. The number of nitrogens with one attached hydrogen (secondary N) is 1. The molecule has 9 nitrogen and oxygen atoms in total. The molecule has 2 unspecified atom stereocenters. The lowest BCUT2D eigenvalue weighted by Gasteiger charge is -2.40. The van der Waals surface area contributed by atoms with Gasteiger partial charge in [-0.05, 0) is 73.2 Å². The smallest absolute Gasteiger partial charge is 0.276 e. The summed E-state index contributed by atoms with van der Waals surface area (Å²) in [4.78, 5) is 35.9. The summed E-state index contributed by atoms with van der Waals surface area (Å²) in [7, 11) is 0. The second-order valence-corrected chi connectivity index (χ2v) is 11.3. The van der Waals surface area contributed by atoms with E-state index in [9.17, 15) is 19.1 Å². The monoisotopic (exact) mass is 620 g/mol. The SMILES string of the molecule is CC1=Nc2cc(C(=O)Nc3ccc(O)cc3)nn2C(c2ccc(Cl)c(Cl)c2)C1C(=O)N1CCN(c2ccc(F)cc2)CC1. The van der Waals surface area contributed by atoms with Crippen LogP contribution in [0.2, 0.25) is 10.0 Å². The van der Waals surface area contributed by atoms with Crippen LogP contribution in [0, 0.1) is 11.7 Å². The van der Waals surface area contributed by atoms with Crippen LogP contribution < -0.4 is 10.2 Å². The molecule has 2 atom stereocenters. The zero-order valence-electron chi connectivity index (χ0n) is 23.0. The fourth-order valence-electron chi connectivity index (χ4n) is 5.52. The minimum atomic E-state index is -0.713. The van der Waals surface area contributed by atoms with E-state index in [-0.39, 0.29) is 23.2 Å². The van der Waals surface area contributed by atoms with Crippen molar-refractivity contribution in [3.05, 3.63) is 99.9 Å². The lowest BCUT2D eigenvalue weighted by Crippen LogP contribution is -2.53. The molecule has 1 fully saturated rings. The zero-order valence-corrected chi connectivity index (χ0v) is 24.6. The molecule has 2 aliphatic heterocycles. The summed E-state index contributed by atoms with van der Waals surface area (Å²) in [5, 5.41) is 17.6. The first-order chi connectivity index (χ1) is 20.7. The Kier molecular flexibility index (Phi) is 7.81. The van der Waals surface area contributed by atoms with E-state index in [0.717, 1.165) is 5.69 Å². The number of aromatic hydroxyl groups is 1. The first-order valence-corrected chi connectivity index (χ1v) is 14.4. The molecule has 0 bridgehead atoms. The molecule has 3 aromatic carbocycles. The van der Waals surface area contributed by atoms with Gasteiger partial charge in [0, 0.05) is 49.3 Å². The van der Waals surface area contributed by atoms with E-state index >= 15 is 0 Å². The van der Waals surface area contributed by atoms with Crippen LogP contribution >= 0.6 is 23.2 Å². The van der Waals surface area contributed by atoms with Gasteiger partial charge in [-0.15, -0.1) is 0 Å². The number of benzene rings is 3. The van der Waals surface area contributed by atoms with Crippen molar-refractivity contribution in [3.8, 4) is 5.75 Å². The molecule has 4 aromatic rings. The van der Waals surface area contributed by atoms with Gasteiger partial charge in [0.15, 0.2) is 11.5 Å². The van der Waals surface area contributed by atoms with Crippen molar-refractivity contribution in [2.24, 2.45) is 10.9 Å². The average Bonchev–Trinajstić information content (AvgIpc) is 3.43. The van der Waals surface area contributed by atoms with Gasteiger partial charge in [-0.2, -0.15) is 5.10 Å². The number of rotatable bonds is 5. The highest BCUT2D eigenvalue weighted by Gasteiger charge is 2.41. The quantitative estimate of drug-likeness (QED) is 0.269. The highest BCUT2D eigenvalue weighted by molar-refractivity contribution is 6.42. The highest BCUT2D eigenvalue weighted by atomic mass is 35.5. The molecule has 2 amide bonds. The lowest BCUT2D eigenvalue weighted by molar-refractivity contribution is -0.134. The summed E-state index contributed by atoms with van der Waals surface area (Å²) >= 11 is 12.6. The maximum Gasteiger partial charge on any atom is 0.276 e. The average molecular weight is 622 g/mol. The number of halogens is 3. The number of piperazine rings is 1. The van der Waals surface area contributed by atoms with Gasteiger partial charge in [-0.25, -0.2) is 14.1 Å². The van der Waals surface area contributed by atoms with E-state index in [1.54, 1.807) is 65.0 Å². The van der Waals surface area contributed by atoms with Crippen molar-refractivity contribution in [2.45, 2.75) is 13.0 Å². The number of nitrogens with zero attached hydrogens (tertiary/aromatic N) is 5. The van der Waals surface area contributed by atoms with Gasteiger partial charge in [0.25, 0.3) is 5.91 Å². The van der Waals surface area contributed by atoms with Crippen LogP contribution in [0.25, 0.3) is 0 Å². The number of hydrogen-bond donors (Lipinski definition) is 2. The van der Waals surface area contributed by atoms with Gasteiger partial charge in [0.1, 0.15) is 17.5 Å². The van der Waals surface area contributed by atoms with Crippen LogP contribution in [-0.4, -0.2) is 63.5 Å². The van der Waals surface area contributed by atoms with E-state index in [4.69, 9.17) is 28.2 Å². The van der Waals surface area contributed by atoms with E-state index < -0.39 is 17.9 Å².